The molecule has 3 aliphatic heterocycles. The predicted octanol–water partition coefficient (Wildman–Crippen LogP) is 4.84. The first-order valence-corrected chi connectivity index (χ1v) is 16.0. The van der Waals surface area contributed by atoms with Crippen molar-refractivity contribution in [3.8, 4) is 35.5 Å². The Labute approximate surface area is 275 Å². The van der Waals surface area contributed by atoms with Crippen LogP contribution in [-0.4, -0.2) is 74.4 Å². The Kier molecular flexibility index (Phi) is 7.14. The van der Waals surface area contributed by atoms with Gasteiger partial charge in [0, 0.05) is 41.2 Å². The second-order valence-corrected chi connectivity index (χ2v) is 12.6. The van der Waals surface area contributed by atoms with Crippen molar-refractivity contribution in [3.63, 3.8) is 0 Å². The van der Waals surface area contributed by atoms with E-state index >= 15 is 4.39 Å². The summed E-state index contributed by atoms with van der Waals surface area (Å²) < 4.78 is 44.2. The number of fused-ring (bicyclic) bond motifs is 2. The van der Waals surface area contributed by atoms with Crippen molar-refractivity contribution in [1.82, 2.24) is 29.8 Å². The third kappa shape index (κ3) is 4.78. The molecule has 48 heavy (non-hydrogen) atoms. The third-order valence-electron chi connectivity index (χ3n) is 9.84. The van der Waals surface area contributed by atoms with Gasteiger partial charge in [0.15, 0.2) is 5.82 Å². The highest BCUT2D eigenvalue weighted by Crippen LogP contribution is 2.44. The summed E-state index contributed by atoms with van der Waals surface area (Å²) in [7, 11) is 0. The van der Waals surface area contributed by atoms with Crippen LogP contribution < -0.4 is 25.8 Å². The van der Waals surface area contributed by atoms with E-state index in [1.165, 1.54) is 0 Å². The summed E-state index contributed by atoms with van der Waals surface area (Å²) >= 11 is 0. The molecule has 4 N–H and O–H groups in total. The standard InChI is InChI=1S/C35H33F2N9O2/c1-3-20-7-4-9-24-26(20)23(15-25(38)41-24)29-28(37)30-27-32(44-34(43-30)48-18-35-10-6-12-45(35)17-21(36)16-35)46(13-14-47-33(27)42-29)19(2)22-8-5-11-40-31(22)39/h1,4-5,7-9,11,15,19,21H,6,10,12-14,16-18H2,2H3,(H2,38,41)(H2,39,40)/t19-,21-,35+/m1/s1. The van der Waals surface area contributed by atoms with Crippen molar-refractivity contribution >= 4 is 39.3 Å². The monoisotopic (exact) mass is 649 g/mol. The second-order valence-electron chi connectivity index (χ2n) is 12.6. The second kappa shape index (κ2) is 11.4. The van der Waals surface area contributed by atoms with E-state index < -0.39 is 17.5 Å². The number of ether oxygens (including phenoxy) is 2. The molecule has 0 amide bonds. The molecule has 2 saturated heterocycles. The molecule has 3 atom stereocenters. The number of halogens is 2. The van der Waals surface area contributed by atoms with E-state index in [0.717, 1.165) is 24.9 Å². The normalized spacial score (nSPS) is 21.1. The van der Waals surface area contributed by atoms with E-state index in [1.807, 2.05) is 24.0 Å². The lowest BCUT2D eigenvalue weighted by atomic mass is 9.95. The first kappa shape index (κ1) is 30.0. The lowest BCUT2D eigenvalue weighted by molar-refractivity contribution is 0.107. The quantitative estimate of drug-likeness (QED) is 0.244. The zero-order chi connectivity index (χ0) is 33.2. The highest BCUT2D eigenvalue weighted by molar-refractivity contribution is 6.03. The number of hydrogen-bond acceptors (Lipinski definition) is 11. The Hall–Kier alpha value is -5.35. The SMILES string of the molecule is C#Cc1cccc2nc(N)cc(-c3nc4c5c(nc(OC[C@@]67CCCN6C[C@H](F)C7)nc5c3F)N([C@H](C)c3cccnc3N)CCO4)c12. The summed E-state index contributed by atoms with van der Waals surface area (Å²) in [4.78, 5) is 27.0. The average Bonchev–Trinajstić information content (AvgIpc) is 3.54. The molecule has 4 aromatic heterocycles. The van der Waals surface area contributed by atoms with Gasteiger partial charge < -0.3 is 25.8 Å². The fourth-order valence-corrected chi connectivity index (χ4v) is 7.60. The number of benzene rings is 1. The first-order chi connectivity index (χ1) is 23.3. The van der Waals surface area contributed by atoms with Crippen LogP contribution in [0.15, 0.2) is 42.6 Å². The maximum atomic E-state index is 17.1. The number of terminal acetylenes is 1. The molecule has 0 unspecified atom stereocenters. The Morgan fingerprint density at radius 2 is 2.02 bits per heavy atom. The lowest BCUT2D eigenvalue weighted by Crippen LogP contribution is -2.43. The molecule has 0 bridgehead atoms. The summed E-state index contributed by atoms with van der Waals surface area (Å²) in [6.07, 6.45) is 8.66. The van der Waals surface area contributed by atoms with Gasteiger partial charge in [-0.2, -0.15) is 9.97 Å². The molecule has 0 saturated carbocycles. The smallest absolute Gasteiger partial charge is 0.319 e. The summed E-state index contributed by atoms with van der Waals surface area (Å²) in [5.74, 6) is 2.99. The predicted molar refractivity (Wildman–Crippen MR) is 179 cm³/mol. The number of nitrogens with two attached hydrogens (primary N) is 2. The molecular formula is C35H33F2N9O2. The largest absolute Gasteiger partial charge is 0.475 e. The van der Waals surface area contributed by atoms with Crippen molar-refractivity contribution in [2.24, 2.45) is 0 Å². The molecule has 7 heterocycles. The van der Waals surface area contributed by atoms with Gasteiger partial charge in [-0.15, -0.1) is 6.42 Å². The number of hydrogen-bond donors (Lipinski definition) is 2. The fraction of sp³-hybridized carbons (Fsp3) is 0.343. The van der Waals surface area contributed by atoms with Crippen LogP contribution in [0, 0.1) is 18.2 Å². The summed E-state index contributed by atoms with van der Waals surface area (Å²) in [5.41, 5.74) is 14.1. The number of nitrogen functional groups attached to an aromatic ring is 2. The number of pyridine rings is 3. The first-order valence-electron chi connectivity index (χ1n) is 16.0. The zero-order valence-corrected chi connectivity index (χ0v) is 26.3. The van der Waals surface area contributed by atoms with Crippen LogP contribution in [0.2, 0.25) is 0 Å². The summed E-state index contributed by atoms with van der Waals surface area (Å²) in [6, 6.07) is 10.1. The lowest BCUT2D eigenvalue weighted by Gasteiger charge is -2.32. The maximum absolute atomic E-state index is 17.1. The number of alkyl halides is 1. The molecule has 2 fully saturated rings. The molecule has 13 heteroatoms. The van der Waals surface area contributed by atoms with Gasteiger partial charge in [0.25, 0.3) is 0 Å². The zero-order valence-electron chi connectivity index (χ0n) is 26.3. The van der Waals surface area contributed by atoms with Crippen LogP contribution in [0.25, 0.3) is 33.1 Å². The number of aromatic nitrogens is 5. The van der Waals surface area contributed by atoms with Crippen LogP contribution in [-0.2, 0) is 0 Å². The number of anilines is 3. The van der Waals surface area contributed by atoms with E-state index in [-0.39, 0.29) is 53.6 Å². The van der Waals surface area contributed by atoms with E-state index in [0.29, 0.717) is 53.2 Å². The summed E-state index contributed by atoms with van der Waals surface area (Å²) in [6.45, 7) is 3.88. The molecule has 0 spiro atoms. The topological polar surface area (TPSA) is 141 Å². The van der Waals surface area contributed by atoms with Crippen molar-refractivity contribution in [3.05, 3.63) is 59.5 Å². The van der Waals surface area contributed by atoms with Crippen LogP contribution in [0.3, 0.4) is 0 Å². The Morgan fingerprint density at radius 1 is 1.15 bits per heavy atom. The Balaban J connectivity index is 1.33. The van der Waals surface area contributed by atoms with Crippen molar-refractivity contribution in [2.75, 3.05) is 49.2 Å². The molecule has 244 valence electrons. The van der Waals surface area contributed by atoms with Crippen molar-refractivity contribution < 1.29 is 18.3 Å². The van der Waals surface area contributed by atoms with Gasteiger partial charge in [-0.1, -0.05) is 18.1 Å². The maximum Gasteiger partial charge on any atom is 0.319 e. The molecule has 3 aliphatic rings. The molecule has 0 aliphatic carbocycles. The van der Waals surface area contributed by atoms with Gasteiger partial charge in [-0.25, -0.2) is 23.7 Å². The van der Waals surface area contributed by atoms with Crippen molar-refractivity contribution in [2.45, 2.75) is 43.9 Å². The van der Waals surface area contributed by atoms with Crippen LogP contribution in [0.4, 0.5) is 26.2 Å². The molecule has 1 aromatic carbocycles. The minimum atomic E-state index is -0.932. The van der Waals surface area contributed by atoms with E-state index in [1.54, 1.807) is 30.5 Å². The molecule has 8 rings (SSSR count). The van der Waals surface area contributed by atoms with Gasteiger partial charge in [0.1, 0.15) is 53.4 Å². The molecule has 11 nitrogen and oxygen atoms in total. The Morgan fingerprint density at radius 3 is 2.85 bits per heavy atom. The van der Waals surface area contributed by atoms with Crippen LogP contribution in [0.1, 0.15) is 43.4 Å². The van der Waals surface area contributed by atoms with Gasteiger partial charge in [-0.3, -0.25) is 4.90 Å². The third-order valence-corrected chi connectivity index (χ3v) is 9.84. The fourth-order valence-electron chi connectivity index (χ4n) is 7.60. The van der Waals surface area contributed by atoms with Crippen LogP contribution >= 0.6 is 0 Å². The average molecular weight is 650 g/mol. The van der Waals surface area contributed by atoms with E-state index in [2.05, 4.69) is 25.8 Å². The van der Waals surface area contributed by atoms with E-state index in [9.17, 15) is 4.39 Å². The summed E-state index contributed by atoms with van der Waals surface area (Å²) in [5, 5.41) is 0.806. The highest BCUT2D eigenvalue weighted by Gasteiger charge is 2.49. The van der Waals surface area contributed by atoms with Gasteiger partial charge >= 0.3 is 6.01 Å². The molecule has 5 aromatic rings. The van der Waals surface area contributed by atoms with Crippen LogP contribution in [0.5, 0.6) is 11.9 Å². The minimum absolute atomic E-state index is 0.0373. The minimum Gasteiger partial charge on any atom is -0.475 e. The van der Waals surface area contributed by atoms with E-state index in [4.69, 9.17) is 37.3 Å². The van der Waals surface area contributed by atoms with Crippen molar-refractivity contribution in [1.29, 1.82) is 0 Å². The molecular weight excluding hydrogens is 616 g/mol. The van der Waals surface area contributed by atoms with Gasteiger partial charge in [-0.05, 0) is 50.6 Å². The molecule has 0 radical (unpaired) electrons. The van der Waals surface area contributed by atoms with Gasteiger partial charge in [0.05, 0.1) is 23.6 Å². The number of rotatable bonds is 6. The number of nitrogens with zero attached hydrogens (tertiary/aromatic N) is 7. The highest BCUT2D eigenvalue weighted by atomic mass is 19.1. The Bertz CT molecular complexity index is 2140. The van der Waals surface area contributed by atoms with Gasteiger partial charge in [0.2, 0.25) is 5.88 Å².